The molecule has 0 amide bonds. The number of nitrogens with two attached hydrogens (primary N) is 3. The van der Waals surface area contributed by atoms with E-state index in [0.717, 1.165) is 39.1 Å². The molecule has 3 heterocycles. The Labute approximate surface area is 204 Å². The monoisotopic (exact) mass is 516 g/mol. The van der Waals surface area contributed by atoms with Gasteiger partial charge in [-0.1, -0.05) is 0 Å². The molecule has 3 aliphatic heterocycles. The largest absolute Gasteiger partial charge is 0.396 e. The molecule has 14 heteroatoms. The quantitative estimate of drug-likeness (QED) is 0.125. The normalized spacial score (nSPS) is 24.8. The summed E-state index contributed by atoms with van der Waals surface area (Å²) < 4.78 is 33.9. The van der Waals surface area contributed by atoms with E-state index in [1.54, 1.807) is 14.2 Å². The molecule has 10 N–H and O–H groups in total. The van der Waals surface area contributed by atoms with E-state index in [1.165, 1.54) is 6.42 Å². The molecular formula is C20H49N6O7P. The Hall–Kier alpha value is -0.250. The van der Waals surface area contributed by atoms with Crippen molar-refractivity contribution in [3.05, 3.63) is 0 Å². The third kappa shape index (κ3) is 15.7. The zero-order valence-corrected chi connectivity index (χ0v) is 21.8. The van der Waals surface area contributed by atoms with Crippen LogP contribution in [0.3, 0.4) is 0 Å². The van der Waals surface area contributed by atoms with E-state index in [2.05, 4.69) is 10.4 Å². The van der Waals surface area contributed by atoms with Gasteiger partial charge in [-0.25, -0.2) is 9.76 Å². The van der Waals surface area contributed by atoms with Crippen LogP contribution < -0.4 is 27.6 Å². The summed E-state index contributed by atoms with van der Waals surface area (Å²) in [6, 6.07) is 0. The summed E-state index contributed by atoms with van der Waals surface area (Å²) in [5.74, 6) is 0. The van der Waals surface area contributed by atoms with Crippen molar-refractivity contribution in [3.8, 4) is 0 Å². The van der Waals surface area contributed by atoms with Crippen molar-refractivity contribution >= 4 is 7.67 Å². The Balaban J connectivity index is 0.000000461. The van der Waals surface area contributed by atoms with Gasteiger partial charge in [-0.3, -0.25) is 4.57 Å². The summed E-state index contributed by atoms with van der Waals surface area (Å²) in [7, 11) is 0.611. The van der Waals surface area contributed by atoms with Crippen molar-refractivity contribution in [1.82, 2.24) is 15.1 Å². The molecule has 206 valence electrons. The minimum Gasteiger partial charge on any atom is -0.396 e. The van der Waals surface area contributed by atoms with Crippen LogP contribution in [0.5, 0.6) is 0 Å². The first-order valence-electron chi connectivity index (χ1n) is 11.9. The van der Waals surface area contributed by atoms with E-state index in [9.17, 15) is 4.57 Å². The van der Waals surface area contributed by atoms with Gasteiger partial charge in [-0.05, 0) is 25.8 Å². The number of rotatable bonds is 10. The van der Waals surface area contributed by atoms with Crippen molar-refractivity contribution in [3.63, 3.8) is 0 Å². The number of hydrogen-bond acceptors (Lipinski definition) is 11. The van der Waals surface area contributed by atoms with E-state index >= 15 is 0 Å². The predicted octanol–water partition coefficient (Wildman–Crippen LogP) is -1.96. The van der Waals surface area contributed by atoms with Crippen molar-refractivity contribution in [2.24, 2.45) is 17.2 Å². The molecule has 3 unspecified atom stereocenters. The fourth-order valence-electron chi connectivity index (χ4n) is 2.66. The third-order valence-corrected chi connectivity index (χ3v) is 7.29. The fraction of sp³-hybridized carbons (Fsp3) is 1.00. The zero-order chi connectivity index (χ0) is 25.7. The molecule has 13 nitrogen and oxygen atoms in total. The molecule has 0 aliphatic carbocycles. The molecule has 34 heavy (non-hydrogen) atoms. The summed E-state index contributed by atoms with van der Waals surface area (Å²) in [6.45, 7) is 7.48. The highest BCUT2D eigenvalue weighted by molar-refractivity contribution is 7.54. The van der Waals surface area contributed by atoms with Crippen molar-refractivity contribution < 1.29 is 33.5 Å². The Morgan fingerprint density at radius 3 is 2.26 bits per heavy atom. The highest BCUT2D eigenvalue weighted by Crippen LogP contribution is 2.50. The van der Waals surface area contributed by atoms with Crippen LogP contribution in [-0.4, -0.2) is 126 Å². The second-order valence-electron chi connectivity index (χ2n) is 7.81. The minimum absolute atomic E-state index is 0.0417. The third-order valence-electron chi connectivity index (χ3n) is 5.07. The van der Waals surface area contributed by atoms with Crippen LogP contribution in [0.15, 0.2) is 0 Å². The van der Waals surface area contributed by atoms with E-state index in [4.69, 9.17) is 46.1 Å². The highest BCUT2D eigenvalue weighted by atomic mass is 31.2. The molecular weight excluding hydrogens is 467 g/mol. The lowest BCUT2D eigenvalue weighted by atomic mass is 10.3. The molecule has 3 atom stereocenters. The lowest BCUT2D eigenvalue weighted by molar-refractivity contribution is 0.0367. The van der Waals surface area contributed by atoms with E-state index in [1.807, 2.05) is 4.67 Å². The number of methoxy groups -OCH3 is 2. The highest BCUT2D eigenvalue weighted by Gasteiger charge is 2.40. The van der Waals surface area contributed by atoms with Gasteiger partial charge in [-0.15, -0.1) is 0 Å². The Kier molecular flexibility index (Phi) is 21.8. The number of hydrogen-bond donors (Lipinski definition) is 7. The molecule has 0 saturated carbocycles. The molecule has 0 aromatic rings. The van der Waals surface area contributed by atoms with Gasteiger partial charge in [0.25, 0.3) is 0 Å². The molecule has 3 aliphatic rings. The maximum absolute atomic E-state index is 12.0. The number of aliphatic hydroxyl groups is 2. The van der Waals surface area contributed by atoms with Crippen LogP contribution in [0.4, 0.5) is 0 Å². The van der Waals surface area contributed by atoms with Crippen LogP contribution in [-0.2, 0) is 23.3 Å². The minimum atomic E-state index is -2.66. The summed E-state index contributed by atoms with van der Waals surface area (Å²) in [4.78, 5) is 0. The van der Waals surface area contributed by atoms with Gasteiger partial charge in [0.15, 0.2) is 0 Å². The summed E-state index contributed by atoms with van der Waals surface area (Å²) in [5, 5.41) is 23.1. The average molecular weight is 517 g/mol. The first-order chi connectivity index (χ1) is 16.4. The van der Waals surface area contributed by atoms with E-state index in [-0.39, 0.29) is 25.4 Å². The van der Waals surface area contributed by atoms with Gasteiger partial charge in [0.1, 0.15) is 0 Å². The summed E-state index contributed by atoms with van der Waals surface area (Å²) in [6.07, 6.45) is 2.65. The second kappa shape index (κ2) is 22.0. The van der Waals surface area contributed by atoms with Crippen LogP contribution in [0.1, 0.15) is 19.3 Å². The van der Waals surface area contributed by atoms with Gasteiger partial charge in [-0.2, -0.15) is 0 Å². The average Bonchev–Trinajstić information content (AvgIpc) is 2.82. The topological polar surface area (TPSA) is 200 Å². The van der Waals surface area contributed by atoms with Gasteiger partial charge < -0.3 is 51.5 Å². The number of nitrogens with one attached hydrogen (secondary N) is 2. The molecule has 0 bridgehead atoms. The zero-order valence-electron chi connectivity index (χ0n) is 20.9. The fourth-order valence-corrected chi connectivity index (χ4v) is 4.72. The lowest BCUT2D eigenvalue weighted by Crippen LogP contribution is -2.48. The van der Waals surface area contributed by atoms with Gasteiger partial charge in [0.2, 0.25) is 0 Å². The predicted molar refractivity (Wildman–Crippen MR) is 133 cm³/mol. The number of nitrogens with zero attached hydrogens (tertiary/aromatic N) is 1. The van der Waals surface area contributed by atoms with Crippen molar-refractivity contribution in [1.29, 1.82) is 0 Å². The molecule has 0 aromatic heterocycles. The maximum Gasteiger partial charge on any atom is 0.343 e. The number of ether oxygens (including phenoxy) is 3. The molecule has 0 radical (unpaired) electrons. The van der Waals surface area contributed by atoms with Gasteiger partial charge in [0, 0.05) is 79.9 Å². The van der Waals surface area contributed by atoms with Crippen molar-refractivity contribution in [2.45, 2.75) is 37.6 Å². The van der Waals surface area contributed by atoms with Crippen LogP contribution in [0.25, 0.3) is 0 Å². The summed E-state index contributed by atoms with van der Waals surface area (Å²) >= 11 is 0. The SMILES string of the molecule is C1COC1.COC(CN)CN.COC1CNP2(=O)OCCCN2C1.NCC(O)CNCCCO. The van der Waals surface area contributed by atoms with E-state index < -0.39 is 13.8 Å². The molecule has 0 aromatic carbocycles. The molecule has 3 saturated heterocycles. The lowest BCUT2D eigenvalue weighted by Gasteiger charge is -2.40. The Morgan fingerprint density at radius 1 is 1.18 bits per heavy atom. The second-order valence-corrected chi connectivity index (χ2v) is 9.99. The first kappa shape index (κ1) is 33.8. The number of aliphatic hydroxyl groups excluding tert-OH is 2. The Bertz CT molecular complexity index is 495. The van der Waals surface area contributed by atoms with Crippen molar-refractivity contribution in [2.75, 3.05) is 93.0 Å². The first-order valence-corrected chi connectivity index (χ1v) is 13.5. The van der Waals surface area contributed by atoms with Crippen LogP contribution in [0, 0.1) is 0 Å². The van der Waals surface area contributed by atoms with E-state index in [0.29, 0.717) is 39.3 Å². The molecule has 3 fully saturated rings. The number of fused-ring (bicyclic) bond motifs is 1. The maximum atomic E-state index is 12.0. The van der Waals surface area contributed by atoms with Gasteiger partial charge >= 0.3 is 7.67 Å². The summed E-state index contributed by atoms with van der Waals surface area (Å²) in [5.41, 5.74) is 15.5. The van der Waals surface area contributed by atoms with Crippen LogP contribution >= 0.6 is 7.67 Å². The van der Waals surface area contributed by atoms with Crippen LogP contribution in [0.2, 0.25) is 0 Å². The standard InChI is InChI=1S/C7H15N2O3P.C6H16N2O2.C4H12N2O.C3H6O/c1-11-7-5-8-13(10)9(6-7)3-2-4-12-13;7-4-6(10)5-8-2-1-3-9;1-7-4(2-5)3-6;1-2-4-3-1/h7H,2-6H2,1H3,(H,8,10);6,8-10H,1-5,7H2;4H,2-3,5-6H2,1H3;1-3H2. The smallest absolute Gasteiger partial charge is 0.343 e. The van der Waals surface area contributed by atoms with Gasteiger partial charge in [0.05, 0.1) is 24.9 Å². The molecule has 0 spiro atoms. The molecule has 3 rings (SSSR count). The Morgan fingerprint density at radius 2 is 1.82 bits per heavy atom.